The fourth-order valence-electron chi connectivity index (χ4n) is 1.85. The Morgan fingerprint density at radius 2 is 1.43 bits per heavy atom. The standard InChI is InChI=1S/C15H31.Na.H2O4S/c1-4-6-7-8-9-10-11-12-13-14-15(3)5-2;;1-5(2,3)4/h9,15H,4-8,10-14H2,1-3H3;;(H2,1,2,3,4)/q-1;+1;. The molecule has 0 aromatic carbocycles. The van der Waals surface area contributed by atoms with E-state index in [1.165, 1.54) is 64.2 Å². The van der Waals surface area contributed by atoms with E-state index in [0.29, 0.717) is 0 Å². The molecule has 21 heavy (non-hydrogen) atoms. The van der Waals surface area contributed by atoms with Gasteiger partial charge in [-0.2, -0.15) is 21.3 Å². The fourth-order valence-corrected chi connectivity index (χ4v) is 1.85. The topological polar surface area (TPSA) is 74.6 Å². The first-order valence-corrected chi connectivity index (χ1v) is 9.22. The van der Waals surface area contributed by atoms with Crippen molar-refractivity contribution in [2.45, 2.75) is 85.0 Å². The maximum Gasteiger partial charge on any atom is 1.00 e. The second-order valence-corrected chi connectivity index (χ2v) is 6.28. The van der Waals surface area contributed by atoms with Gasteiger partial charge in [0.2, 0.25) is 0 Å². The summed E-state index contributed by atoms with van der Waals surface area (Å²) in [6.07, 6.45) is 16.4. The van der Waals surface area contributed by atoms with E-state index >= 15 is 0 Å². The first kappa shape index (κ1) is 26.8. The molecule has 4 nitrogen and oxygen atoms in total. The van der Waals surface area contributed by atoms with E-state index < -0.39 is 10.4 Å². The van der Waals surface area contributed by atoms with Crippen LogP contribution in [0.1, 0.15) is 85.0 Å². The van der Waals surface area contributed by atoms with E-state index in [1.807, 2.05) is 0 Å². The molecule has 0 amide bonds. The van der Waals surface area contributed by atoms with E-state index in [9.17, 15) is 0 Å². The summed E-state index contributed by atoms with van der Waals surface area (Å²) in [7, 11) is -4.67. The van der Waals surface area contributed by atoms with Crippen LogP contribution in [-0.2, 0) is 10.4 Å². The van der Waals surface area contributed by atoms with Gasteiger partial charge in [0.05, 0.1) is 0 Å². The Kier molecular flexibility index (Phi) is 24.1. The van der Waals surface area contributed by atoms with Gasteiger partial charge in [0.15, 0.2) is 0 Å². The van der Waals surface area contributed by atoms with Crippen LogP contribution in [0.5, 0.6) is 0 Å². The van der Waals surface area contributed by atoms with Crippen LogP contribution in [0.2, 0.25) is 0 Å². The van der Waals surface area contributed by atoms with Gasteiger partial charge in [0, 0.05) is 0 Å². The molecule has 0 aliphatic heterocycles. The van der Waals surface area contributed by atoms with Crippen LogP contribution in [0, 0.1) is 12.3 Å². The van der Waals surface area contributed by atoms with Crippen molar-refractivity contribution in [1.29, 1.82) is 0 Å². The van der Waals surface area contributed by atoms with Crippen molar-refractivity contribution in [2.24, 2.45) is 5.92 Å². The molecule has 0 radical (unpaired) electrons. The minimum absolute atomic E-state index is 0. The predicted octanol–water partition coefficient (Wildman–Crippen LogP) is 2.12. The van der Waals surface area contributed by atoms with E-state index in [-0.39, 0.29) is 29.6 Å². The van der Waals surface area contributed by atoms with Crippen LogP contribution >= 0.6 is 0 Å². The summed E-state index contributed by atoms with van der Waals surface area (Å²) in [6.45, 7) is 6.94. The van der Waals surface area contributed by atoms with Crippen molar-refractivity contribution in [1.82, 2.24) is 0 Å². The average Bonchev–Trinajstić information content (AvgIpc) is 2.34. The van der Waals surface area contributed by atoms with Gasteiger partial charge in [-0.1, -0.05) is 72.1 Å². The van der Waals surface area contributed by atoms with Crippen LogP contribution in [0.4, 0.5) is 0 Å². The maximum absolute atomic E-state index is 8.74. The Bertz CT molecular complexity index is 273. The van der Waals surface area contributed by atoms with Crippen molar-refractivity contribution in [3.05, 3.63) is 6.42 Å². The summed E-state index contributed by atoms with van der Waals surface area (Å²) < 4.78 is 31.6. The number of hydrogen-bond donors (Lipinski definition) is 2. The second kappa shape index (κ2) is 18.9. The first-order chi connectivity index (χ1) is 9.31. The average molecular weight is 332 g/mol. The third-order valence-electron chi connectivity index (χ3n) is 3.31. The van der Waals surface area contributed by atoms with E-state index in [2.05, 4.69) is 27.2 Å². The van der Waals surface area contributed by atoms with Gasteiger partial charge in [0.1, 0.15) is 0 Å². The monoisotopic (exact) mass is 332 g/mol. The molecule has 0 aliphatic carbocycles. The number of hydrogen-bond acceptors (Lipinski definition) is 2. The van der Waals surface area contributed by atoms with Gasteiger partial charge in [-0.05, 0) is 5.92 Å². The smallest absolute Gasteiger partial charge is 0.328 e. The Labute approximate surface area is 154 Å². The molecular weight excluding hydrogens is 299 g/mol. The SMILES string of the molecule is CCCCC[CH-]CCCCCC(C)CC.O=S(=O)(O)O.[Na+]. The first-order valence-electron chi connectivity index (χ1n) is 7.82. The van der Waals surface area contributed by atoms with Gasteiger partial charge in [-0.3, -0.25) is 9.11 Å². The van der Waals surface area contributed by atoms with Gasteiger partial charge in [-0.25, -0.2) is 0 Å². The minimum Gasteiger partial charge on any atom is -0.328 e. The van der Waals surface area contributed by atoms with E-state index in [1.54, 1.807) is 0 Å². The van der Waals surface area contributed by atoms with E-state index in [4.69, 9.17) is 17.5 Å². The molecule has 2 N–H and O–H groups in total. The van der Waals surface area contributed by atoms with Crippen LogP contribution < -0.4 is 29.6 Å². The van der Waals surface area contributed by atoms with Gasteiger partial charge < -0.3 is 6.42 Å². The zero-order chi connectivity index (χ0) is 15.9. The molecule has 6 heteroatoms. The summed E-state index contributed by atoms with van der Waals surface area (Å²) in [4.78, 5) is 0. The Morgan fingerprint density at radius 3 is 1.86 bits per heavy atom. The quantitative estimate of drug-likeness (QED) is 0.263. The van der Waals surface area contributed by atoms with Gasteiger partial charge in [0.25, 0.3) is 0 Å². The van der Waals surface area contributed by atoms with Crippen LogP contribution in [0.15, 0.2) is 0 Å². The summed E-state index contributed by atoms with van der Waals surface area (Å²) in [6, 6.07) is 0. The maximum atomic E-state index is 8.74. The third kappa shape index (κ3) is 38.6. The van der Waals surface area contributed by atoms with Gasteiger partial charge >= 0.3 is 40.0 Å². The molecule has 0 bridgehead atoms. The van der Waals surface area contributed by atoms with Crippen molar-refractivity contribution < 1.29 is 47.1 Å². The fraction of sp³-hybridized carbons (Fsp3) is 0.933. The van der Waals surface area contributed by atoms with Crippen LogP contribution in [0.25, 0.3) is 0 Å². The summed E-state index contributed by atoms with van der Waals surface area (Å²) >= 11 is 0. The van der Waals surface area contributed by atoms with Crippen molar-refractivity contribution in [2.75, 3.05) is 0 Å². The zero-order valence-electron chi connectivity index (χ0n) is 14.3. The Morgan fingerprint density at radius 1 is 0.952 bits per heavy atom. The number of unbranched alkanes of at least 4 members (excludes halogenated alkanes) is 8. The summed E-state index contributed by atoms with van der Waals surface area (Å²) in [5.74, 6) is 0.943. The number of rotatable bonds is 11. The van der Waals surface area contributed by atoms with Crippen LogP contribution in [-0.4, -0.2) is 17.5 Å². The zero-order valence-corrected chi connectivity index (χ0v) is 17.2. The largest absolute Gasteiger partial charge is 1.00 e. The molecule has 0 fully saturated rings. The summed E-state index contributed by atoms with van der Waals surface area (Å²) in [5.41, 5.74) is 0. The normalized spacial score (nSPS) is 12.0. The molecule has 0 heterocycles. The molecule has 124 valence electrons. The molecule has 1 atom stereocenters. The molecular formula is C15H33NaO4S. The molecule has 0 saturated carbocycles. The second-order valence-electron chi connectivity index (χ2n) is 5.38. The molecule has 0 spiro atoms. The van der Waals surface area contributed by atoms with Crippen molar-refractivity contribution >= 4 is 10.4 Å². The van der Waals surface area contributed by atoms with Crippen LogP contribution in [0.3, 0.4) is 0 Å². The van der Waals surface area contributed by atoms with Crippen molar-refractivity contribution in [3.8, 4) is 0 Å². The Balaban J connectivity index is -0.000000465. The predicted molar refractivity (Wildman–Crippen MR) is 85.2 cm³/mol. The summed E-state index contributed by atoms with van der Waals surface area (Å²) in [5, 5.41) is 0. The van der Waals surface area contributed by atoms with Gasteiger partial charge in [-0.15, -0.1) is 0 Å². The third-order valence-corrected chi connectivity index (χ3v) is 3.31. The Hall–Kier alpha value is 0.870. The van der Waals surface area contributed by atoms with Crippen molar-refractivity contribution in [3.63, 3.8) is 0 Å². The molecule has 0 rings (SSSR count). The minimum atomic E-state index is -4.67. The molecule has 0 saturated heterocycles. The molecule has 0 aromatic rings. The van der Waals surface area contributed by atoms with E-state index in [0.717, 1.165) is 5.92 Å². The molecule has 0 aliphatic rings. The molecule has 1 unspecified atom stereocenters. The molecule has 0 aromatic heterocycles.